The molecule has 3 N–H and O–H groups in total. The molecule has 0 spiro atoms. The molecule has 4 heteroatoms. The van der Waals surface area contributed by atoms with E-state index in [1.54, 1.807) is 6.07 Å². The minimum Gasteiger partial charge on any atom is -0.398 e. The van der Waals surface area contributed by atoms with E-state index in [0.717, 1.165) is 0 Å². The fourth-order valence-electron chi connectivity index (χ4n) is 0.734. The minimum atomic E-state index is -0.125. The van der Waals surface area contributed by atoms with Gasteiger partial charge in [0.15, 0.2) is 0 Å². The fraction of sp³-hybridized carbons (Fsp3) is 0.143. The van der Waals surface area contributed by atoms with Crippen LogP contribution >= 0.6 is 23.2 Å². The van der Waals surface area contributed by atoms with Crippen molar-refractivity contribution in [2.45, 2.75) is 6.61 Å². The molecule has 1 aromatic carbocycles. The summed E-state index contributed by atoms with van der Waals surface area (Å²) in [6.45, 7) is -0.125. The van der Waals surface area contributed by atoms with E-state index >= 15 is 0 Å². The summed E-state index contributed by atoms with van der Waals surface area (Å²) in [6.07, 6.45) is 0. The number of nitrogens with two attached hydrogens (primary N) is 1. The molecule has 0 unspecified atom stereocenters. The van der Waals surface area contributed by atoms with Gasteiger partial charge in [-0.15, -0.1) is 0 Å². The van der Waals surface area contributed by atoms with E-state index in [2.05, 4.69) is 0 Å². The maximum absolute atomic E-state index is 8.75. The normalized spacial score (nSPS) is 10.1. The molecule has 0 aliphatic carbocycles. The van der Waals surface area contributed by atoms with E-state index in [4.69, 9.17) is 34.0 Å². The van der Waals surface area contributed by atoms with Crippen LogP contribution in [-0.2, 0) is 6.61 Å². The van der Waals surface area contributed by atoms with Gasteiger partial charge in [0, 0.05) is 5.02 Å². The molecule has 0 atom stereocenters. The third-order valence-corrected chi connectivity index (χ3v) is 2.02. The second kappa shape index (κ2) is 3.30. The van der Waals surface area contributed by atoms with Crippen molar-refractivity contribution in [3.05, 3.63) is 27.7 Å². The summed E-state index contributed by atoms with van der Waals surface area (Å²) < 4.78 is 0. The average molecular weight is 192 g/mol. The van der Waals surface area contributed by atoms with Gasteiger partial charge in [-0.1, -0.05) is 23.2 Å². The number of benzene rings is 1. The van der Waals surface area contributed by atoms with Gasteiger partial charge in [0.25, 0.3) is 0 Å². The summed E-state index contributed by atoms with van der Waals surface area (Å²) in [6, 6.07) is 3.08. The molecule has 60 valence electrons. The number of rotatable bonds is 1. The molecule has 0 amide bonds. The van der Waals surface area contributed by atoms with Gasteiger partial charge in [-0.2, -0.15) is 0 Å². The number of aliphatic hydroxyl groups excluding tert-OH is 1. The van der Waals surface area contributed by atoms with Crippen molar-refractivity contribution in [3.63, 3.8) is 0 Å². The van der Waals surface area contributed by atoms with Crippen LogP contribution in [0.1, 0.15) is 5.56 Å². The molecule has 0 saturated carbocycles. The van der Waals surface area contributed by atoms with Crippen molar-refractivity contribution < 1.29 is 5.11 Å². The fourth-order valence-corrected chi connectivity index (χ4v) is 1.18. The predicted octanol–water partition coefficient (Wildman–Crippen LogP) is 2.07. The number of hydrogen-bond donors (Lipinski definition) is 2. The van der Waals surface area contributed by atoms with Gasteiger partial charge in [0.1, 0.15) is 0 Å². The number of aliphatic hydroxyl groups is 1. The number of nitrogen functional groups attached to an aromatic ring is 1. The third kappa shape index (κ3) is 1.77. The van der Waals surface area contributed by atoms with E-state index in [-0.39, 0.29) is 6.61 Å². The van der Waals surface area contributed by atoms with Crippen molar-refractivity contribution in [2.75, 3.05) is 5.73 Å². The van der Waals surface area contributed by atoms with E-state index in [1.807, 2.05) is 0 Å². The Balaban J connectivity index is 3.21. The maximum atomic E-state index is 8.75. The van der Waals surface area contributed by atoms with Gasteiger partial charge in [-0.25, -0.2) is 0 Å². The largest absolute Gasteiger partial charge is 0.398 e. The zero-order chi connectivity index (χ0) is 8.43. The monoisotopic (exact) mass is 191 g/mol. The highest BCUT2D eigenvalue weighted by molar-refractivity contribution is 6.36. The van der Waals surface area contributed by atoms with Crippen LogP contribution in [0.25, 0.3) is 0 Å². The van der Waals surface area contributed by atoms with Crippen LogP contribution in [0.2, 0.25) is 10.0 Å². The molecule has 1 rings (SSSR count). The quantitative estimate of drug-likeness (QED) is 0.669. The lowest BCUT2D eigenvalue weighted by molar-refractivity contribution is 0.282. The van der Waals surface area contributed by atoms with Crippen LogP contribution in [0, 0.1) is 0 Å². The highest BCUT2D eigenvalue weighted by atomic mass is 35.5. The summed E-state index contributed by atoms with van der Waals surface area (Å²) >= 11 is 11.4. The molecule has 0 bridgehead atoms. The molecular formula is C7H7Cl2NO. The zero-order valence-electron chi connectivity index (χ0n) is 5.64. The maximum Gasteiger partial charge on any atom is 0.0697 e. The summed E-state index contributed by atoms with van der Waals surface area (Å²) in [5, 5.41) is 9.60. The highest BCUT2D eigenvalue weighted by Crippen LogP contribution is 2.26. The Morgan fingerprint density at radius 2 is 1.91 bits per heavy atom. The number of halogens is 2. The average Bonchev–Trinajstić information content (AvgIpc) is 1.97. The SMILES string of the molecule is Nc1cc(CO)c(Cl)cc1Cl. The topological polar surface area (TPSA) is 46.2 Å². The number of hydrogen-bond acceptors (Lipinski definition) is 2. The first kappa shape index (κ1) is 8.65. The summed E-state index contributed by atoms with van der Waals surface area (Å²) in [5.74, 6) is 0. The molecule has 0 aromatic heterocycles. The van der Waals surface area contributed by atoms with Gasteiger partial charge in [0.05, 0.1) is 17.3 Å². The van der Waals surface area contributed by atoms with Crippen LogP contribution in [-0.4, -0.2) is 5.11 Å². The second-order valence-electron chi connectivity index (χ2n) is 2.12. The Hall–Kier alpha value is -0.440. The van der Waals surface area contributed by atoms with Gasteiger partial charge in [0.2, 0.25) is 0 Å². The minimum absolute atomic E-state index is 0.125. The van der Waals surface area contributed by atoms with Gasteiger partial charge >= 0.3 is 0 Å². The standard InChI is InChI=1S/C7H7Cl2NO/c8-5-2-6(9)7(10)1-4(5)3-11/h1-2,11H,3,10H2. The van der Waals surface area contributed by atoms with Crippen molar-refractivity contribution in [1.82, 2.24) is 0 Å². The Morgan fingerprint density at radius 3 is 2.45 bits per heavy atom. The lowest BCUT2D eigenvalue weighted by atomic mass is 10.2. The van der Waals surface area contributed by atoms with Crippen LogP contribution in [0.4, 0.5) is 5.69 Å². The molecular weight excluding hydrogens is 185 g/mol. The zero-order valence-corrected chi connectivity index (χ0v) is 7.15. The molecule has 1 aromatic rings. The third-order valence-electron chi connectivity index (χ3n) is 1.34. The highest BCUT2D eigenvalue weighted by Gasteiger charge is 2.02. The van der Waals surface area contributed by atoms with Crippen LogP contribution in [0.3, 0.4) is 0 Å². The van der Waals surface area contributed by atoms with Gasteiger partial charge in [-0.3, -0.25) is 0 Å². The van der Waals surface area contributed by atoms with E-state index < -0.39 is 0 Å². The molecule has 0 heterocycles. The summed E-state index contributed by atoms with van der Waals surface area (Å²) in [5.41, 5.74) is 6.49. The van der Waals surface area contributed by atoms with Crippen molar-refractivity contribution in [2.24, 2.45) is 0 Å². The lowest BCUT2D eigenvalue weighted by Crippen LogP contribution is -1.91. The molecule has 0 radical (unpaired) electrons. The smallest absolute Gasteiger partial charge is 0.0697 e. The molecule has 11 heavy (non-hydrogen) atoms. The van der Waals surface area contributed by atoms with Gasteiger partial charge in [-0.05, 0) is 17.7 Å². The van der Waals surface area contributed by atoms with Crippen molar-refractivity contribution in [1.29, 1.82) is 0 Å². The molecule has 0 fully saturated rings. The Bertz CT molecular complexity index is 275. The van der Waals surface area contributed by atoms with Crippen molar-refractivity contribution in [3.8, 4) is 0 Å². The van der Waals surface area contributed by atoms with Crippen LogP contribution in [0.15, 0.2) is 12.1 Å². The van der Waals surface area contributed by atoms with Crippen LogP contribution < -0.4 is 5.73 Å². The molecule has 0 aliphatic rings. The first-order chi connectivity index (χ1) is 5.15. The van der Waals surface area contributed by atoms with E-state index in [0.29, 0.717) is 21.3 Å². The second-order valence-corrected chi connectivity index (χ2v) is 2.94. The lowest BCUT2D eigenvalue weighted by Gasteiger charge is -2.03. The van der Waals surface area contributed by atoms with E-state index in [9.17, 15) is 0 Å². The summed E-state index contributed by atoms with van der Waals surface area (Å²) in [4.78, 5) is 0. The van der Waals surface area contributed by atoms with Crippen molar-refractivity contribution >= 4 is 28.9 Å². The van der Waals surface area contributed by atoms with Gasteiger partial charge < -0.3 is 10.8 Å². The Labute approximate surface area is 74.5 Å². The molecule has 2 nitrogen and oxygen atoms in total. The summed E-state index contributed by atoms with van der Waals surface area (Å²) in [7, 11) is 0. The molecule has 0 aliphatic heterocycles. The predicted molar refractivity (Wildman–Crippen MR) is 46.8 cm³/mol. The number of anilines is 1. The first-order valence-corrected chi connectivity index (χ1v) is 3.75. The Kier molecular flexibility index (Phi) is 2.60. The van der Waals surface area contributed by atoms with E-state index in [1.165, 1.54) is 6.07 Å². The molecule has 0 saturated heterocycles. The Morgan fingerprint density at radius 1 is 1.27 bits per heavy atom. The van der Waals surface area contributed by atoms with Crippen LogP contribution in [0.5, 0.6) is 0 Å². The first-order valence-electron chi connectivity index (χ1n) is 2.99.